The molecule has 0 spiro atoms. The molecule has 9 nitrogen and oxygen atoms in total. The lowest BCUT2D eigenvalue weighted by Crippen LogP contribution is -2.53. The summed E-state index contributed by atoms with van der Waals surface area (Å²) in [6, 6.07) is -1.000. The van der Waals surface area contributed by atoms with E-state index < -0.39 is 69.4 Å². The molecular weight excluding hydrogens is 416 g/mol. The third-order valence-electron chi connectivity index (χ3n) is 6.17. The Morgan fingerprint density at radius 3 is 1.62 bits per heavy atom. The molecule has 1 heterocycles. The Labute approximate surface area is 186 Å². The van der Waals surface area contributed by atoms with Crippen LogP contribution in [0.25, 0.3) is 0 Å². The zero-order chi connectivity index (χ0) is 24.0. The number of rotatable bonds is 5. The van der Waals surface area contributed by atoms with Crippen molar-refractivity contribution in [1.29, 1.82) is 0 Å². The Kier molecular flexibility index (Phi) is 6.14. The number of urea groups is 1. The highest BCUT2D eigenvalue weighted by Gasteiger charge is 2.55. The normalized spacial score (nSPS) is 24.1. The molecule has 32 heavy (non-hydrogen) atoms. The van der Waals surface area contributed by atoms with Crippen LogP contribution in [0, 0.1) is 28.6 Å². The van der Waals surface area contributed by atoms with Gasteiger partial charge in [0.25, 0.3) is 0 Å². The van der Waals surface area contributed by atoms with E-state index >= 15 is 0 Å². The first-order valence-corrected chi connectivity index (χ1v) is 10.8. The van der Waals surface area contributed by atoms with Crippen LogP contribution in [0.4, 0.5) is 4.79 Å². The molecule has 0 saturated heterocycles. The summed E-state index contributed by atoms with van der Waals surface area (Å²) >= 11 is 0. The van der Waals surface area contributed by atoms with Crippen molar-refractivity contribution in [2.75, 3.05) is 6.61 Å². The lowest BCUT2D eigenvalue weighted by Gasteiger charge is -2.40. The number of hydrogen-bond donors (Lipinski definition) is 0. The summed E-state index contributed by atoms with van der Waals surface area (Å²) in [5, 5.41) is 0. The van der Waals surface area contributed by atoms with E-state index in [2.05, 4.69) is 9.98 Å². The molecule has 2 saturated carbocycles. The highest BCUT2D eigenvalue weighted by Crippen LogP contribution is 2.44. The van der Waals surface area contributed by atoms with Crippen LogP contribution >= 0.6 is 0 Å². The first-order chi connectivity index (χ1) is 14.8. The molecular formula is C23H28N2O7. The second kappa shape index (κ2) is 8.26. The summed E-state index contributed by atoms with van der Waals surface area (Å²) in [5.41, 5.74) is -1.85. The van der Waals surface area contributed by atoms with E-state index in [4.69, 9.17) is 4.74 Å². The van der Waals surface area contributed by atoms with Crippen molar-refractivity contribution >= 4 is 46.6 Å². The molecule has 172 valence electrons. The number of ether oxygens (including phenoxy) is 1. The quantitative estimate of drug-likeness (QED) is 0.469. The molecule has 3 rings (SSSR count). The van der Waals surface area contributed by atoms with Crippen molar-refractivity contribution in [3.8, 4) is 0 Å². The molecule has 3 aliphatic rings. The summed E-state index contributed by atoms with van der Waals surface area (Å²) in [6.45, 7) is 8.71. The number of amides is 2. The average Bonchev–Trinajstić information content (AvgIpc) is 2.99. The van der Waals surface area contributed by atoms with Crippen molar-refractivity contribution in [2.24, 2.45) is 38.6 Å². The van der Waals surface area contributed by atoms with Gasteiger partial charge in [0.2, 0.25) is 0 Å². The highest BCUT2D eigenvalue weighted by molar-refractivity contribution is 6.69. The maximum absolute atomic E-state index is 13.1. The number of hydrogen-bond acceptors (Lipinski definition) is 7. The molecule has 0 unspecified atom stereocenters. The fraction of sp³-hybridized carbons (Fsp3) is 0.652. The number of carbonyl (C=O) groups excluding carboxylic acids is 6. The Hall–Kier alpha value is -2.84. The van der Waals surface area contributed by atoms with Crippen molar-refractivity contribution in [2.45, 2.75) is 60.3 Å². The van der Waals surface area contributed by atoms with Gasteiger partial charge >= 0.3 is 12.0 Å². The molecule has 1 aliphatic heterocycles. The van der Waals surface area contributed by atoms with Crippen molar-refractivity contribution in [1.82, 2.24) is 0 Å². The van der Waals surface area contributed by atoms with Gasteiger partial charge in [-0.05, 0) is 17.8 Å². The van der Waals surface area contributed by atoms with E-state index in [0.717, 1.165) is 0 Å². The maximum Gasteiger partial charge on any atom is 0.368 e. The lowest BCUT2D eigenvalue weighted by molar-refractivity contribution is -0.146. The van der Waals surface area contributed by atoms with Crippen LogP contribution in [-0.4, -0.2) is 53.2 Å². The van der Waals surface area contributed by atoms with Gasteiger partial charge in [-0.2, -0.15) is 9.98 Å². The Morgan fingerprint density at radius 1 is 0.844 bits per heavy atom. The van der Waals surface area contributed by atoms with Gasteiger partial charge in [-0.3, -0.25) is 19.2 Å². The molecule has 0 bridgehead atoms. The van der Waals surface area contributed by atoms with Crippen LogP contribution in [-0.2, 0) is 28.7 Å². The molecule has 2 fully saturated rings. The number of carbonyl (C=O) groups is 6. The van der Waals surface area contributed by atoms with Gasteiger partial charge in [0.15, 0.2) is 5.71 Å². The number of esters is 1. The van der Waals surface area contributed by atoms with Crippen LogP contribution in [0.1, 0.15) is 60.3 Å². The summed E-state index contributed by atoms with van der Waals surface area (Å²) in [6.07, 6.45) is 0.252. The number of nitrogens with zero attached hydrogens (tertiary/aromatic N) is 2. The monoisotopic (exact) mass is 444 g/mol. The largest absolute Gasteiger partial charge is 0.461 e. The molecule has 2 aliphatic carbocycles. The van der Waals surface area contributed by atoms with E-state index in [-0.39, 0.29) is 38.0 Å². The molecule has 2 amide bonds. The second-order valence-corrected chi connectivity index (χ2v) is 10.3. The standard InChI is InChI=1S/C23H28N2O7/c1-6-32-20(30)19-18(24-21(31)25-19)17(15-11(26)7-22(2,3)8-12(15)27)16-13(28)9-23(4,5)10-14(16)29/h15-17H,6-10H2,1-5H3. The molecule has 0 atom stereocenters. The summed E-state index contributed by atoms with van der Waals surface area (Å²) in [4.78, 5) is 84.5. The van der Waals surface area contributed by atoms with Crippen LogP contribution in [0.15, 0.2) is 9.98 Å². The van der Waals surface area contributed by atoms with Gasteiger partial charge < -0.3 is 4.74 Å². The highest BCUT2D eigenvalue weighted by atomic mass is 16.5. The van der Waals surface area contributed by atoms with Crippen molar-refractivity contribution in [3.05, 3.63) is 0 Å². The number of Topliss-reactive ketones (excluding diaryl/α,β-unsaturated/α-hetero) is 4. The fourth-order valence-electron chi connectivity index (χ4n) is 5.04. The first-order valence-electron chi connectivity index (χ1n) is 10.8. The summed E-state index contributed by atoms with van der Waals surface area (Å²) < 4.78 is 4.96. The topological polar surface area (TPSA) is 136 Å². The first kappa shape index (κ1) is 23.8. The van der Waals surface area contributed by atoms with E-state index in [1.54, 1.807) is 34.6 Å². The predicted octanol–water partition coefficient (Wildman–Crippen LogP) is 2.33. The second-order valence-electron chi connectivity index (χ2n) is 10.3. The predicted molar refractivity (Wildman–Crippen MR) is 113 cm³/mol. The van der Waals surface area contributed by atoms with Crippen LogP contribution in [0.2, 0.25) is 0 Å². The summed E-state index contributed by atoms with van der Waals surface area (Å²) in [5.74, 6) is -6.76. The van der Waals surface area contributed by atoms with Gasteiger partial charge in [0.05, 0.1) is 24.2 Å². The smallest absolute Gasteiger partial charge is 0.368 e. The molecule has 9 heteroatoms. The molecule has 0 radical (unpaired) electrons. The Bertz CT molecular complexity index is 898. The minimum absolute atomic E-state index is 0.00501. The fourth-order valence-corrected chi connectivity index (χ4v) is 5.04. The molecule has 0 aromatic rings. The summed E-state index contributed by atoms with van der Waals surface area (Å²) in [7, 11) is 0. The SMILES string of the molecule is CCOC(=O)C1=NC(=O)N=C1C(C1C(=O)CC(C)(C)CC1=O)C1C(=O)CC(C)(C)CC1=O. The van der Waals surface area contributed by atoms with Crippen LogP contribution in [0.5, 0.6) is 0 Å². The number of ketones is 4. The Balaban J connectivity index is 2.13. The van der Waals surface area contributed by atoms with Crippen LogP contribution in [0.3, 0.4) is 0 Å². The minimum Gasteiger partial charge on any atom is -0.461 e. The molecule has 0 aromatic heterocycles. The zero-order valence-electron chi connectivity index (χ0n) is 19.0. The van der Waals surface area contributed by atoms with E-state index in [9.17, 15) is 28.8 Å². The van der Waals surface area contributed by atoms with Gasteiger partial charge in [-0.25, -0.2) is 9.59 Å². The zero-order valence-corrected chi connectivity index (χ0v) is 19.0. The van der Waals surface area contributed by atoms with E-state index in [1.165, 1.54) is 0 Å². The third-order valence-corrected chi connectivity index (χ3v) is 6.17. The van der Waals surface area contributed by atoms with E-state index in [0.29, 0.717) is 0 Å². The molecule has 0 N–H and O–H groups in total. The maximum atomic E-state index is 13.1. The third kappa shape index (κ3) is 4.52. The Morgan fingerprint density at radius 2 is 1.25 bits per heavy atom. The number of aliphatic imine (C=N–C) groups is 2. The van der Waals surface area contributed by atoms with Gasteiger partial charge in [-0.15, -0.1) is 0 Å². The van der Waals surface area contributed by atoms with Crippen LogP contribution < -0.4 is 0 Å². The van der Waals surface area contributed by atoms with E-state index in [1.807, 2.05) is 0 Å². The van der Waals surface area contributed by atoms with Gasteiger partial charge in [-0.1, -0.05) is 27.7 Å². The lowest BCUT2D eigenvalue weighted by atomic mass is 9.59. The van der Waals surface area contributed by atoms with Crippen molar-refractivity contribution < 1.29 is 33.5 Å². The molecule has 0 aromatic carbocycles. The van der Waals surface area contributed by atoms with Crippen molar-refractivity contribution in [3.63, 3.8) is 0 Å². The van der Waals surface area contributed by atoms with Gasteiger partial charge in [0.1, 0.15) is 23.1 Å². The average molecular weight is 444 g/mol. The minimum atomic E-state index is -1.36. The van der Waals surface area contributed by atoms with Gasteiger partial charge in [0, 0.05) is 31.6 Å².